The fourth-order valence-electron chi connectivity index (χ4n) is 8.65. The third-order valence-corrected chi connectivity index (χ3v) is 12.8. The van der Waals surface area contributed by atoms with E-state index in [1.165, 1.54) is 0 Å². The molecule has 0 unspecified atom stereocenters. The fourth-order valence-corrected chi connectivity index (χ4v) is 8.65. The Morgan fingerprint density at radius 2 is 1.16 bits per heavy atom. The van der Waals surface area contributed by atoms with Crippen LogP contribution in [0.15, 0.2) is 48.5 Å². The van der Waals surface area contributed by atoms with Crippen molar-refractivity contribution in [1.29, 1.82) is 0 Å². The van der Waals surface area contributed by atoms with E-state index in [1.807, 2.05) is 6.07 Å². The van der Waals surface area contributed by atoms with Gasteiger partial charge in [0.1, 0.15) is 78.9 Å². The van der Waals surface area contributed by atoms with Gasteiger partial charge in [0.2, 0.25) is 11.8 Å². The van der Waals surface area contributed by atoms with Gasteiger partial charge in [-0.3, -0.25) is 24.0 Å². The van der Waals surface area contributed by atoms with Crippen molar-refractivity contribution in [3.05, 3.63) is 54.1 Å². The van der Waals surface area contributed by atoms with Crippen LogP contribution in [0, 0.1) is 0 Å². The third-order valence-electron chi connectivity index (χ3n) is 12.8. The molecule has 3 heterocycles. The van der Waals surface area contributed by atoms with Crippen LogP contribution in [0.2, 0.25) is 0 Å². The van der Waals surface area contributed by atoms with E-state index in [9.17, 15) is 69.9 Å². The number of rotatable bonds is 30. The zero-order chi connectivity index (χ0) is 55.3. The average Bonchev–Trinajstić information content (AvgIpc) is 3.40. The normalized spacial score (nSPS) is 29.5. The van der Waals surface area contributed by atoms with Gasteiger partial charge < -0.3 is 105 Å². The Labute approximate surface area is 438 Å². The van der Waals surface area contributed by atoms with Crippen molar-refractivity contribution in [3.63, 3.8) is 0 Å². The summed E-state index contributed by atoms with van der Waals surface area (Å²) in [5.74, 6) is -1.76. The lowest BCUT2D eigenvalue weighted by Crippen LogP contribution is -2.68. The SMILES string of the molecule is CC(=O)N[C@H]1[C@H](OCCCNC(=O)COc2ccc(-c3cccc(C(=O)NCCCCCC(=O)NCCCCCC(=O)O)c3)cc2)O[C@H](CO)[C@@H](O[C@@H]2O[C@H](CO)[C@H](O)[C@H](O[C@H]3O[C@H](CO)[C@H](O)[C@H](O)[C@H]3O)[C@H]2O)[C@@H]1O. The highest BCUT2D eigenvalue weighted by Crippen LogP contribution is 2.33. The average molecular weight is 1080 g/mol. The van der Waals surface area contributed by atoms with E-state index in [0.29, 0.717) is 50.1 Å². The number of hydrogen-bond acceptors (Lipinski definition) is 21. The topological polar surface area (TPSA) is 400 Å². The Morgan fingerprint density at radius 3 is 1.82 bits per heavy atom. The van der Waals surface area contributed by atoms with Gasteiger partial charge in [0, 0.05) is 45.0 Å². The van der Waals surface area contributed by atoms with Crippen molar-refractivity contribution in [1.82, 2.24) is 21.3 Å². The Kier molecular flexibility index (Phi) is 25.6. The number of carbonyl (C=O) groups is 5. The molecule has 2 aromatic rings. The Morgan fingerprint density at radius 1 is 0.566 bits per heavy atom. The second kappa shape index (κ2) is 31.4. The van der Waals surface area contributed by atoms with Crippen molar-refractivity contribution in [3.8, 4) is 16.9 Å². The van der Waals surface area contributed by atoms with Gasteiger partial charge in [-0.05, 0) is 67.5 Å². The molecule has 26 heteroatoms. The summed E-state index contributed by atoms with van der Waals surface area (Å²) in [6.07, 6.45) is -18.8. The molecule has 2 aromatic carbocycles. The van der Waals surface area contributed by atoms with Gasteiger partial charge in [-0.2, -0.15) is 0 Å². The zero-order valence-corrected chi connectivity index (χ0v) is 42.2. The smallest absolute Gasteiger partial charge is 0.303 e. The quantitative estimate of drug-likeness (QED) is 0.0345. The lowest BCUT2D eigenvalue weighted by atomic mass is 9.95. The standard InChI is InChI=1S/C50H74N4O22/c1-27(58)54-38-41(65)45(75-50-44(68)46(40(64)33(24-56)73-50)76-49-43(67)42(66)39(63)32(23-55)72-49)34(25-57)74-48(38)70-21-9-20-52-36(60)26-71-31-16-14-28(15-17-31)29-10-8-11-30(22-29)47(69)53-19-7-2-4-12-35(59)51-18-6-3-5-13-37(61)62/h8,10-11,14-17,22,32-34,38-46,48-50,55-57,63-68H,2-7,9,12-13,18-21,23-26H2,1H3,(H,51,59)(H,52,60)(H,53,69)(H,54,58)(H,61,62)/t32-,33-,34-,38-,39+,40+,41-,42+,43-,44-,45-,46+,48-,49-,50+/m1/s1. The van der Waals surface area contributed by atoms with Crippen LogP contribution in [0.1, 0.15) is 75.1 Å². The van der Waals surface area contributed by atoms with Crippen molar-refractivity contribution in [2.45, 2.75) is 157 Å². The molecule has 0 radical (unpaired) electrons. The van der Waals surface area contributed by atoms with E-state index in [-0.39, 0.29) is 44.4 Å². The van der Waals surface area contributed by atoms with Gasteiger partial charge in [0.15, 0.2) is 25.5 Å². The van der Waals surface area contributed by atoms with Crippen molar-refractivity contribution in [2.24, 2.45) is 0 Å². The molecule has 0 aromatic heterocycles. The summed E-state index contributed by atoms with van der Waals surface area (Å²) < 4.78 is 39.8. The van der Waals surface area contributed by atoms with Crippen LogP contribution in [0.5, 0.6) is 5.75 Å². The zero-order valence-electron chi connectivity index (χ0n) is 42.2. The van der Waals surface area contributed by atoms with Gasteiger partial charge in [-0.1, -0.05) is 37.1 Å². The Hall–Kier alpha value is -5.01. The minimum Gasteiger partial charge on any atom is -0.484 e. The molecule has 76 heavy (non-hydrogen) atoms. The van der Waals surface area contributed by atoms with Gasteiger partial charge in [0.25, 0.3) is 11.8 Å². The summed E-state index contributed by atoms with van der Waals surface area (Å²) in [7, 11) is 0. The van der Waals surface area contributed by atoms with Crippen molar-refractivity contribution in [2.75, 3.05) is 52.7 Å². The summed E-state index contributed by atoms with van der Waals surface area (Å²) >= 11 is 0. The number of unbranched alkanes of at least 4 members (excludes halogenated alkanes) is 4. The predicted molar refractivity (Wildman–Crippen MR) is 261 cm³/mol. The van der Waals surface area contributed by atoms with Crippen molar-refractivity contribution < 1.29 is 108 Å². The maximum Gasteiger partial charge on any atom is 0.303 e. The lowest BCUT2D eigenvalue weighted by molar-refractivity contribution is -0.376. The van der Waals surface area contributed by atoms with E-state index < -0.39 is 130 Å². The molecule has 0 bridgehead atoms. The summed E-state index contributed by atoms with van der Waals surface area (Å²) in [5, 5.41) is 114. The van der Waals surface area contributed by atoms with Crippen LogP contribution in [0.4, 0.5) is 0 Å². The number of hydrogen-bond donors (Lipinski definition) is 14. The second-order valence-corrected chi connectivity index (χ2v) is 18.6. The van der Waals surface area contributed by atoms with Crippen LogP contribution < -0.4 is 26.0 Å². The number of nitrogens with one attached hydrogen (secondary N) is 4. The number of aliphatic carboxylic acids is 1. The fraction of sp³-hybridized carbons (Fsp3) is 0.660. The number of carboxylic acids is 1. The van der Waals surface area contributed by atoms with Gasteiger partial charge in [-0.25, -0.2) is 0 Å². The Balaban J connectivity index is 1.02. The first-order chi connectivity index (χ1) is 36.4. The van der Waals surface area contributed by atoms with Gasteiger partial charge >= 0.3 is 5.97 Å². The summed E-state index contributed by atoms with van der Waals surface area (Å²) in [6, 6.07) is 12.7. The van der Waals surface area contributed by atoms with Crippen molar-refractivity contribution >= 4 is 29.6 Å². The molecule has 0 spiro atoms. The van der Waals surface area contributed by atoms with Crippen LogP contribution in [-0.2, 0) is 47.6 Å². The molecule has 0 aliphatic carbocycles. The van der Waals surface area contributed by atoms with E-state index in [0.717, 1.165) is 37.3 Å². The second-order valence-electron chi connectivity index (χ2n) is 18.6. The van der Waals surface area contributed by atoms with Gasteiger partial charge in [-0.15, -0.1) is 0 Å². The molecule has 3 fully saturated rings. The minimum absolute atomic E-state index is 0.0468. The number of amides is 4. The molecule has 3 aliphatic heterocycles. The van der Waals surface area contributed by atoms with E-state index in [1.54, 1.807) is 42.5 Å². The number of aliphatic hydroxyl groups excluding tert-OH is 9. The first-order valence-electron chi connectivity index (χ1n) is 25.4. The largest absolute Gasteiger partial charge is 0.484 e. The number of carboxylic acid groups (broad SMARTS) is 1. The molecule has 26 nitrogen and oxygen atoms in total. The summed E-state index contributed by atoms with van der Waals surface area (Å²) in [5.41, 5.74) is 2.07. The van der Waals surface area contributed by atoms with Crippen LogP contribution in [0.3, 0.4) is 0 Å². The number of benzene rings is 2. The molecule has 5 rings (SSSR count). The first kappa shape index (κ1) is 61.8. The summed E-state index contributed by atoms with van der Waals surface area (Å²) in [6.45, 7) is -0.612. The third kappa shape index (κ3) is 18.3. The van der Waals surface area contributed by atoms with Crippen LogP contribution >= 0.6 is 0 Å². The monoisotopic (exact) mass is 1080 g/mol. The molecular weight excluding hydrogens is 1010 g/mol. The first-order valence-corrected chi connectivity index (χ1v) is 25.4. The molecule has 426 valence electrons. The van der Waals surface area contributed by atoms with E-state index in [4.69, 9.17) is 38.3 Å². The molecule has 3 aliphatic rings. The highest BCUT2D eigenvalue weighted by Gasteiger charge is 2.54. The number of carbonyl (C=O) groups excluding carboxylic acids is 4. The number of aliphatic hydroxyl groups is 9. The van der Waals surface area contributed by atoms with E-state index in [2.05, 4.69) is 21.3 Å². The molecule has 14 N–H and O–H groups in total. The molecule has 15 atom stereocenters. The predicted octanol–water partition coefficient (Wildman–Crippen LogP) is -3.10. The highest BCUT2D eigenvalue weighted by molar-refractivity contribution is 5.95. The minimum atomic E-state index is -1.98. The molecule has 4 amide bonds. The van der Waals surface area contributed by atoms with Gasteiger partial charge in [0.05, 0.1) is 26.4 Å². The lowest BCUT2D eigenvalue weighted by Gasteiger charge is -2.48. The highest BCUT2D eigenvalue weighted by atomic mass is 16.8. The van der Waals surface area contributed by atoms with Crippen LogP contribution in [0.25, 0.3) is 11.1 Å². The molecular formula is C50H74N4O22. The van der Waals surface area contributed by atoms with E-state index >= 15 is 0 Å². The maximum atomic E-state index is 12.9. The molecule has 3 saturated heterocycles. The maximum absolute atomic E-state index is 12.9. The Bertz CT molecular complexity index is 2120. The number of ether oxygens (including phenoxy) is 7. The van der Waals surface area contributed by atoms with Crippen LogP contribution in [-0.4, -0.2) is 225 Å². The summed E-state index contributed by atoms with van der Waals surface area (Å²) in [4.78, 5) is 60.4. The molecule has 0 saturated carbocycles.